The highest BCUT2D eigenvalue weighted by atomic mass is 79.9. The maximum absolute atomic E-state index is 11.3. The van der Waals surface area contributed by atoms with Crippen molar-refractivity contribution in [3.8, 4) is 0 Å². The summed E-state index contributed by atoms with van der Waals surface area (Å²) in [6, 6.07) is -0.188. The number of unbranched alkanes of at least 4 members (excludes halogenated alkanes) is 3. The maximum atomic E-state index is 11.3. The Morgan fingerprint density at radius 2 is 1.84 bits per heavy atom. The van der Waals surface area contributed by atoms with Crippen molar-refractivity contribution < 1.29 is 14.3 Å². The fourth-order valence-electron chi connectivity index (χ4n) is 1.42. The second-order valence-electron chi connectivity index (χ2n) is 4.10. The first-order valence-corrected chi connectivity index (χ1v) is 7.36. The summed E-state index contributed by atoms with van der Waals surface area (Å²) < 4.78 is 5.57. The van der Waals surface area contributed by atoms with Crippen molar-refractivity contribution in [2.75, 3.05) is 19.7 Å². The number of carbonyl (C=O) groups excluding carboxylic acids is 2. The van der Waals surface area contributed by atoms with Crippen LogP contribution in [0.1, 0.15) is 39.0 Å². The average Bonchev–Trinajstić information content (AvgIpc) is 2.35. The number of esters is 1. The molecule has 0 heterocycles. The Morgan fingerprint density at radius 3 is 2.47 bits per heavy atom. The van der Waals surface area contributed by atoms with Gasteiger partial charge in [-0.25, -0.2) is 4.79 Å². The molecule has 0 saturated carbocycles. The number of halogens is 1. The molecule has 0 aromatic carbocycles. The van der Waals surface area contributed by atoms with E-state index in [1.165, 1.54) is 0 Å². The summed E-state index contributed by atoms with van der Waals surface area (Å²) in [6.45, 7) is 6.93. The van der Waals surface area contributed by atoms with E-state index < -0.39 is 0 Å². The van der Waals surface area contributed by atoms with E-state index in [2.05, 4.69) is 33.1 Å². The maximum Gasteiger partial charge on any atom is 0.315 e. The number of amides is 2. The first kappa shape index (κ1) is 18.0. The van der Waals surface area contributed by atoms with E-state index in [0.29, 0.717) is 26.1 Å². The van der Waals surface area contributed by atoms with E-state index in [9.17, 15) is 9.59 Å². The van der Waals surface area contributed by atoms with E-state index in [4.69, 9.17) is 4.74 Å². The van der Waals surface area contributed by atoms with E-state index in [1.807, 2.05) is 0 Å². The quantitative estimate of drug-likeness (QED) is 0.476. The Bertz CT molecular complexity index is 296. The molecule has 0 aliphatic carbocycles. The molecule has 0 saturated heterocycles. The van der Waals surface area contributed by atoms with E-state index in [-0.39, 0.29) is 12.0 Å². The molecular weight excluding hydrogens is 312 g/mol. The zero-order chi connectivity index (χ0) is 14.5. The molecule has 0 fully saturated rings. The van der Waals surface area contributed by atoms with Gasteiger partial charge in [0, 0.05) is 17.4 Å². The lowest BCUT2D eigenvalue weighted by atomic mass is 10.1. The zero-order valence-corrected chi connectivity index (χ0v) is 13.1. The van der Waals surface area contributed by atoms with Crippen molar-refractivity contribution in [3.63, 3.8) is 0 Å². The van der Waals surface area contributed by atoms with Crippen LogP contribution in [-0.4, -0.2) is 31.7 Å². The van der Waals surface area contributed by atoms with Crippen LogP contribution in [0.25, 0.3) is 0 Å². The summed E-state index contributed by atoms with van der Waals surface area (Å²) >= 11 is 3.16. The average molecular weight is 335 g/mol. The predicted molar refractivity (Wildman–Crippen MR) is 79.2 cm³/mol. The summed E-state index contributed by atoms with van der Waals surface area (Å²) in [7, 11) is 0. The molecule has 0 atom stereocenters. The number of nitrogens with one attached hydrogen (secondary N) is 2. The minimum absolute atomic E-state index is 0.130. The molecule has 0 spiro atoms. The summed E-state index contributed by atoms with van der Waals surface area (Å²) in [5, 5.41) is 5.41. The van der Waals surface area contributed by atoms with Crippen LogP contribution in [0.5, 0.6) is 0 Å². The topological polar surface area (TPSA) is 67.4 Å². The second kappa shape index (κ2) is 12.0. The third-order valence-corrected chi connectivity index (χ3v) is 2.62. The minimum atomic E-state index is -0.188. The molecule has 0 aliphatic heterocycles. The molecule has 0 unspecified atom stereocenters. The van der Waals surface area contributed by atoms with Crippen molar-refractivity contribution in [2.45, 2.75) is 39.0 Å². The second-order valence-corrected chi connectivity index (χ2v) is 5.22. The van der Waals surface area contributed by atoms with Crippen LogP contribution in [0, 0.1) is 0 Å². The van der Waals surface area contributed by atoms with E-state index in [1.54, 1.807) is 6.92 Å². The molecule has 2 amide bonds. The molecule has 2 N–H and O–H groups in total. The van der Waals surface area contributed by atoms with Crippen LogP contribution in [0.4, 0.5) is 4.79 Å². The first-order valence-electron chi connectivity index (χ1n) is 6.56. The number of hydrogen-bond donors (Lipinski definition) is 2. The van der Waals surface area contributed by atoms with Gasteiger partial charge in [-0.3, -0.25) is 4.79 Å². The van der Waals surface area contributed by atoms with Gasteiger partial charge in [0.2, 0.25) is 0 Å². The largest absolute Gasteiger partial charge is 0.466 e. The smallest absolute Gasteiger partial charge is 0.315 e. The number of urea groups is 1. The third kappa shape index (κ3) is 13.2. The highest BCUT2D eigenvalue weighted by Crippen LogP contribution is 2.03. The van der Waals surface area contributed by atoms with Crippen LogP contribution in [0.3, 0.4) is 0 Å². The Labute approximate surface area is 123 Å². The highest BCUT2D eigenvalue weighted by molar-refractivity contribution is 9.11. The van der Waals surface area contributed by atoms with Gasteiger partial charge in [-0.15, -0.1) is 0 Å². The van der Waals surface area contributed by atoms with Crippen LogP contribution in [0.15, 0.2) is 11.1 Å². The molecule has 0 aliphatic rings. The van der Waals surface area contributed by atoms with Gasteiger partial charge < -0.3 is 15.4 Å². The van der Waals surface area contributed by atoms with Gasteiger partial charge in [0.15, 0.2) is 0 Å². The van der Waals surface area contributed by atoms with E-state index >= 15 is 0 Å². The zero-order valence-electron chi connectivity index (χ0n) is 11.5. The molecule has 0 aromatic heterocycles. The van der Waals surface area contributed by atoms with Crippen molar-refractivity contribution in [3.05, 3.63) is 11.1 Å². The summed E-state index contributed by atoms with van der Waals surface area (Å²) in [6.07, 6.45) is 4.19. The van der Waals surface area contributed by atoms with Crippen LogP contribution < -0.4 is 10.6 Å². The lowest BCUT2D eigenvalue weighted by molar-refractivity contribution is -0.143. The molecule has 0 aromatic rings. The Morgan fingerprint density at radius 1 is 1.16 bits per heavy atom. The Kier molecular flexibility index (Phi) is 11.4. The fraction of sp³-hybridized carbons (Fsp3) is 0.692. The first-order chi connectivity index (χ1) is 9.06. The van der Waals surface area contributed by atoms with Gasteiger partial charge in [-0.1, -0.05) is 35.4 Å². The van der Waals surface area contributed by atoms with Gasteiger partial charge in [-0.2, -0.15) is 0 Å². The third-order valence-electron chi connectivity index (χ3n) is 2.34. The van der Waals surface area contributed by atoms with Crippen molar-refractivity contribution in [1.29, 1.82) is 0 Å². The SMILES string of the molecule is C=C(Br)CNC(=O)NCCCCCCC(=O)OCC. The van der Waals surface area contributed by atoms with Crippen LogP contribution in [-0.2, 0) is 9.53 Å². The predicted octanol–water partition coefficient (Wildman–Crippen LogP) is 2.71. The number of rotatable bonds is 10. The molecule has 0 rings (SSSR count). The number of ether oxygens (including phenoxy) is 1. The monoisotopic (exact) mass is 334 g/mol. The standard InChI is InChI=1S/C13H23BrN2O3/c1-3-19-12(17)8-6-4-5-7-9-15-13(18)16-10-11(2)14/h2-10H2,1H3,(H2,15,16,18). The summed E-state index contributed by atoms with van der Waals surface area (Å²) in [4.78, 5) is 22.3. The normalized spacial score (nSPS) is 9.79. The van der Waals surface area contributed by atoms with Crippen LogP contribution in [0.2, 0.25) is 0 Å². The molecular formula is C13H23BrN2O3. The van der Waals surface area contributed by atoms with Crippen molar-refractivity contribution in [1.82, 2.24) is 10.6 Å². The molecule has 6 heteroatoms. The van der Waals surface area contributed by atoms with Crippen LogP contribution >= 0.6 is 15.9 Å². The molecule has 0 radical (unpaired) electrons. The van der Waals surface area contributed by atoms with Gasteiger partial charge >= 0.3 is 12.0 Å². The molecule has 0 bridgehead atoms. The number of carbonyl (C=O) groups is 2. The summed E-state index contributed by atoms with van der Waals surface area (Å²) in [5.41, 5.74) is 0. The lowest BCUT2D eigenvalue weighted by Gasteiger charge is -2.06. The molecule has 110 valence electrons. The van der Waals surface area contributed by atoms with Crippen molar-refractivity contribution in [2.24, 2.45) is 0 Å². The summed E-state index contributed by atoms with van der Waals surface area (Å²) in [5.74, 6) is -0.130. The minimum Gasteiger partial charge on any atom is -0.466 e. The van der Waals surface area contributed by atoms with Gasteiger partial charge in [0.1, 0.15) is 0 Å². The van der Waals surface area contributed by atoms with Gasteiger partial charge in [0.05, 0.1) is 13.2 Å². The Hall–Kier alpha value is -1.04. The Balaban J connectivity index is 3.29. The van der Waals surface area contributed by atoms with E-state index in [0.717, 1.165) is 30.2 Å². The number of hydrogen-bond acceptors (Lipinski definition) is 3. The highest BCUT2D eigenvalue weighted by Gasteiger charge is 2.01. The molecule has 19 heavy (non-hydrogen) atoms. The van der Waals surface area contributed by atoms with Crippen molar-refractivity contribution >= 4 is 27.9 Å². The molecule has 5 nitrogen and oxygen atoms in total. The lowest BCUT2D eigenvalue weighted by Crippen LogP contribution is -2.36. The van der Waals surface area contributed by atoms with Gasteiger partial charge in [-0.05, 0) is 19.8 Å². The fourth-order valence-corrected chi connectivity index (χ4v) is 1.56. The van der Waals surface area contributed by atoms with Gasteiger partial charge in [0.25, 0.3) is 0 Å².